The number of benzene rings is 1. The summed E-state index contributed by atoms with van der Waals surface area (Å²) in [7, 11) is 0. The fourth-order valence-electron chi connectivity index (χ4n) is 2.10. The van der Waals surface area contributed by atoms with Crippen LogP contribution >= 0.6 is 22.7 Å². The lowest BCUT2D eigenvalue weighted by molar-refractivity contribution is 0.340. The number of ether oxygens (including phenoxy) is 1. The summed E-state index contributed by atoms with van der Waals surface area (Å²) in [4.78, 5) is 6.97. The molecule has 1 N–H and O–H groups in total. The van der Waals surface area contributed by atoms with Crippen LogP contribution < -0.4 is 10.2 Å². The molecule has 0 aliphatic heterocycles. The fourth-order valence-corrected chi connectivity index (χ4v) is 3.71. The van der Waals surface area contributed by atoms with Gasteiger partial charge in [-0.2, -0.15) is 5.10 Å². The van der Waals surface area contributed by atoms with Gasteiger partial charge in [-0.15, -0.1) is 22.7 Å². The average molecular weight is 343 g/mol. The zero-order chi connectivity index (χ0) is 16.1. The summed E-state index contributed by atoms with van der Waals surface area (Å²) in [5, 5.41) is 7.12. The van der Waals surface area contributed by atoms with Gasteiger partial charge in [0.1, 0.15) is 5.75 Å². The third-order valence-electron chi connectivity index (χ3n) is 3.09. The second-order valence-electron chi connectivity index (χ2n) is 4.78. The Morgan fingerprint density at radius 2 is 2.22 bits per heavy atom. The number of hydrogen-bond acceptors (Lipinski definition) is 6. The van der Waals surface area contributed by atoms with E-state index in [9.17, 15) is 0 Å². The van der Waals surface area contributed by atoms with Crippen molar-refractivity contribution in [2.24, 2.45) is 5.10 Å². The van der Waals surface area contributed by atoms with E-state index in [1.807, 2.05) is 37.3 Å². The molecule has 4 nitrogen and oxygen atoms in total. The molecule has 118 valence electrons. The molecule has 0 saturated carbocycles. The molecule has 2 heterocycles. The standard InChI is InChI=1S/C17H17N3OS2/c1-3-21-14-7-4-6-13(10-14)11-18-20-17-19-16(12(2)23-17)15-8-5-9-22-15/h4-11H,3H2,1-2H3,(H,19,20)/b18-11-. The normalized spacial score (nSPS) is 11.0. The predicted molar refractivity (Wildman–Crippen MR) is 99.0 cm³/mol. The van der Waals surface area contributed by atoms with Gasteiger partial charge in [-0.25, -0.2) is 4.98 Å². The maximum absolute atomic E-state index is 5.48. The molecule has 0 unspecified atom stereocenters. The Kier molecular flexibility index (Phi) is 5.05. The van der Waals surface area contributed by atoms with Crippen molar-refractivity contribution in [3.05, 3.63) is 52.2 Å². The van der Waals surface area contributed by atoms with Gasteiger partial charge in [-0.1, -0.05) is 18.2 Å². The Bertz CT molecular complexity index is 794. The molecule has 0 aliphatic rings. The molecule has 2 aromatic heterocycles. The monoisotopic (exact) mass is 343 g/mol. The van der Waals surface area contributed by atoms with Crippen molar-refractivity contribution in [3.63, 3.8) is 0 Å². The highest BCUT2D eigenvalue weighted by Gasteiger charge is 2.09. The van der Waals surface area contributed by atoms with Crippen LogP contribution in [0.1, 0.15) is 17.4 Å². The third-order valence-corrected chi connectivity index (χ3v) is 4.85. The van der Waals surface area contributed by atoms with E-state index in [0.29, 0.717) is 6.61 Å². The van der Waals surface area contributed by atoms with Gasteiger partial charge in [-0.05, 0) is 43.0 Å². The van der Waals surface area contributed by atoms with Crippen LogP contribution in [0.4, 0.5) is 5.13 Å². The molecule has 0 atom stereocenters. The number of nitrogens with zero attached hydrogens (tertiary/aromatic N) is 2. The number of nitrogens with one attached hydrogen (secondary N) is 1. The summed E-state index contributed by atoms with van der Waals surface area (Å²) < 4.78 is 5.48. The highest BCUT2D eigenvalue weighted by molar-refractivity contribution is 7.17. The number of rotatable bonds is 6. The lowest BCUT2D eigenvalue weighted by atomic mass is 10.2. The van der Waals surface area contributed by atoms with Crippen LogP contribution in [0.3, 0.4) is 0 Å². The minimum absolute atomic E-state index is 0.655. The smallest absolute Gasteiger partial charge is 0.204 e. The van der Waals surface area contributed by atoms with Gasteiger partial charge in [0.15, 0.2) is 0 Å². The Morgan fingerprint density at radius 1 is 1.30 bits per heavy atom. The number of thiophene rings is 1. The zero-order valence-corrected chi connectivity index (χ0v) is 14.6. The van der Waals surface area contributed by atoms with E-state index in [0.717, 1.165) is 22.1 Å². The molecule has 0 amide bonds. The van der Waals surface area contributed by atoms with E-state index in [1.165, 1.54) is 9.75 Å². The van der Waals surface area contributed by atoms with Crippen molar-refractivity contribution in [2.45, 2.75) is 13.8 Å². The van der Waals surface area contributed by atoms with Crippen LogP contribution in [0.25, 0.3) is 10.6 Å². The van der Waals surface area contributed by atoms with Crippen molar-refractivity contribution in [1.82, 2.24) is 4.98 Å². The maximum Gasteiger partial charge on any atom is 0.204 e. The van der Waals surface area contributed by atoms with E-state index >= 15 is 0 Å². The Balaban J connectivity index is 1.69. The van der Waals surface area contributed by atoms with E-state index in [2.05, 4.69) is 33.9 Å². The number of aromatic nitrogens is 1. The largest absolute Gasteiger partial charge is 0.494 e. The molecule has 3 rings (SSSR count). The first-order valence-electron chi connectivity index (χ1n) is 7.29. The lowest BCUT2D eigenvalue weighted by Crippen LogP contribution is -1.93. The molecular formula is C17H17N3OS2. The zero-order valence-electron chi connectivity index (χ0n) is 12.9. The highest BCUT2D eigenvalue weighted by Crippen LogP contribution is 2.32. The van der Waals surface area contributed by atoms with Crippen LogP contribution in [-0.4, -0.2) is 17.8 Å². The first kappa shape index (κ1) is 15.7. The van der Waals surface area contributed by atoms with Crippen molar-refractivity contribution >= 4 is 34.0 Å². The molecular weight excluding hydrogens is 326 g/mol. The topological polar surface area (TPSA) is 46.5 Å². The number of aryl methyl sites for hydroxylation is 1. The summed E-state index contributed by atoms with van der Waals surface area (Å²) >= 11 is 3.30. The average Bonchev–Trinajstić information content (AvgIpc) is 3.17. The van der Waals surface area contributed by atoms with E-state index in [-0.39, 0.29) is 0 Å². The molecule has 0 saturated heterocycles. The molecule has 23 heavy (non-hydrogen) atoms. The highest BCUT2D eigenvalue weighted by atomic mass is 32.1. The van der Waals surface area contributed by atoms with E-state index < -0.39 is 0 Å². The second kappa shape index (κ2) is 7.39. The summed E-state index contributed by atoms with van der Waals surface area (Å²) in [5.41, 5.74) is 5.02. The third kappa shape index (κ3) is 3.97. The molecule has 6 heteroatoms. The van der Waals surface area contributed by atoms with Crippen LogP contribution in [0.15, 0.2) is 46.9 Å². The minimum atomic E-state index is 0.655. The molecule has 3 aromatic rings. The van der Waals surface area contributed by atoms with E-state index in [1.54, 1.807) is 28.9 Å². The summed E-state index contributed by atoms with van der Waals surface area (Å²) in [6, 6.07) is 12.0. The van der Waals surface area contributed by atoms with Gasteiger partial charge < -0.3 is 4.74 Å². The maximum atomic E-state index is 5.48. The number of anilines is 1. The summed E-state index contributed by atoms with van der Waals surface area (Å²) in [6.07, 6.45) is 1.77. The first-order valence-corrected chi connectivity index (χ1v) is 8.99. The van der Waals surface area contributed by atoms with Gasteiger partial charge in [0.2, 0.25) is 5.13 Å². The number of hydrazone groups is 1. The van der Waals surface area contributed by atoms with Gasteiger partial charge in [0.25, 0.3) is 0 Å². The first-order chi connectivity index (χ1) is 11.3. The Labute approximate surface area is 143 Å². The predicted octanol–water partition coefficient (Wildman–Crippen LogP) is 5.02. The quantitative estimate of drug-likeness (QED) is 0.505. The second-order valence-corrected chi connectivity index (χ2v) is 6.93. The Morgan fingerprint density at radius 3 is 3.00 bits per heavy atom. The molecule has 0 fully saturated rings. The molecule has 1 aromatic carbocycles. The summed E-state index contributed by atoms with van der Waals surface area (Å²) in [6.45, 7) is 4.70. The van der Waals surface area contributed by atoms with Gasteiger partial charge in [-0.3, -0.25) is 5.43 Å². The fraction of sp³-hybridized carbons (Fsp3) is 0.176. The molecule has 0 radical (unpaired) electrons. The van der Waals surface area contributed by atoms with Crippen molar-refractivity contribution in [2.75, 3.05) is 12.0 Å². The SMILES string of the molecule is CCOc1cccc(/C=N\Nc2nc(-c3cccs3)c(C)s2)c1. The van der Waals surface area contributed by atoms with Crippen LogP contribution in [0.2, 0.25) is 0 Å². The van der Waals surface area contributed by atoms with Gasteiger partial charge >= 0.3 is 0 Å². The molecule has 0 aliphatic carbocycles. The summed E-state index contributed by atoms with van der Waals surface area (Å²) in [5.74, 6) is 0.849. The van der Waals surface area contributed by atoms with Gasteiger partial charge in [0, 0.05) is 4.88 Å². The molecule has 0 bridgehead atoms. The molecule has 0 spiro atoms. The van der Waals surface area contributed by atoms with E-state index in [4.69, 9.17) is 4.74 Å². The number of thiazole rings is 1. The van der Waals surface area contributed by atoms with Crippen molar-refractivity contribution < 1.29 is 4.74 Å². The minimum Gasteiger partial charge on any atom is -0.494 e. The lowest BCUT2D eigenvalue weighted by Gasteiger charge is -2.02. The van der Waals surface area contributed by atoms with Crippen molar-refractivity contribution in [3.8, 4) is 16.3 Å². The van der Waals surface area contributed by atoms with Crippen LogP contribution in [-0.2, 0) is 0 Å². The van der Waals surface area contributed by atoms with Crippen LogP contribution in [0, 0.1) is 6.92 Å². The number of hydrogen-bond donors (Lipinski definition) is 1. The van der Waals surface area contributed by atoms with Crippen LogP contribution in [0.5, 0.6) is 5.75 Å². The van der Waals surface area contributed by atoms with Gasteiger partial charge in [0.05, 0.1) is 23.4 Å². The Hall–Kier alpha value is -2.18. The van der Waals surface area contributed by atoms with Crippen molar-refractivity contribution in [1.29, 1.82) is 0 Å².